The highest BCUT2D eigenvalue weighted by Gasteiger charge is 2.04. The minimum Gasteiger partial charge on any atom is -0.497 e. The van der Waals surface area contributed by atoms with Crippen LogP contribution in [-0.2, 0) is 13.0 Å². The lowest BCUT2D eigenvalue weighted by Gasteiger charge is -2.14. The Labute approximate surface area is 142 Å². The van der Waals surface area contributed by atoms with Crippen molar-refractivity contribution in [1.29, 1.82) is 0 Å². The van der Waals surface area contributed by atoms with Crippen molar-refractivity contribution in [3.63, 3.8) is 0 Å². The third kappa shape index (κ3) is 5.20. The van der Waals surface area contributed by atoms with E-state index in [4.69, 9.17) is 27.9 Å². The van der Waals surface area contributed by atoms with Crippen LogP contribution < -0.4 is 10.1 Å². The molecule has 1 N–H and O–H groups in total. The van der Waals surface area contributed by atoms with E-state index >= 15 is 0 Å². The zero-order valence-corrected chi connectivity index (χ0v) is 14.4. The summed E-state index contributed by atoms with van der Waals surface area (Å²) in [6.07, 6.45) is 2.12. The first-order valence-corrected chi connectivity index (χ1v) is 8.14. The largest absolute Gasteiger partial charge is 0.497 e. The molecule has 118 valence electrons. The highest BCUT2D eigenvalue weighted by atomic mass is 35.5. The molecule has 2 rings (SSSR count). The molecule has 2 aromatic rings. The van der Waals surface area contributed by atoms with Gasteiger partial charge in [0, 0.05) is 12.6 Å². The third-order valence-corrected chi connectivity index (χ3v) is 4.40. The topological polar surface area (TPSA) is 21.3 Å². The Bertz CT molecular complexity index is 599. The second-order valence-corrected chi connectivity index (χ2v) is 6.23. The number of halogens is 2. The number of hydrogen-bond donors (Lipinski definition) is 1. The summed E-state index contributed by atoms with van der Waals surface area (Å²) in [5.74, 6) is 0.898. The van der Waals surface area contributed by atoms with E-state index in [0.717, 1.165) is 30.7 Å². The van der Waals surface area contributed by atoms with Crippen molar-refractivity contribution in [2.45, 2.75) is 32.4 Å². The molecule has 0 radical (unpaired) electrons. The Balaban J connectivity index is 1.77. The number of benzene rings is 2. The first kappa shape index (κ1) is 17.1. The summed E-state index contributed by atoms with van der Waals surface area (Å²) < 4.78 is 5.17. The normalized spacial score (nSPS) is 12.2. The summed E-state index contributed by atoms with van der Waals surface area (Å²) in [6, 6.07) is 14.4. The lowest BCUT2D eigenvalue weighted by Crippen LogP contribution is -2.25. The molecule has 0 fully saturated rings. The standard InChI is InChI=1S/C18H21Cl2NO/c1-13(3-4-14-5-8-16(22-2)9-6-14)21-12-15-7-10-17(19)18(20)11-15/h5-11,13,21H,3-4,12H2,1-2H3/t13-/m1/s1. The molecule has 0 saturated heterocycles. The Morgan fingerprint density at radius 3 is 2.32 bits per heavy atom. The van der Waals surface area contributed by atoms with Crippen molar-refractivity contribution in [2.75, 3.05) is 7.11 Å². The molecule has 2 nitrogen and oxygen atoms in total. The molecule has 0 aliphatic carbocycles. The second-order valence-electron chi connectivity index (χ2n) is 5.42. The van der Waals surface area contributed by atoms with Crippen LogP contribution in [0.3, 0.4) is 0 Å². The highest BCUT2D eigenvalue weighted by Crippen LogP contribution is 2.22. The molecule has 0 bridgehead atoms. The van der Waals surface area contributed by atoms with Gasteiger partial charge in [-0.15, -0.1) is 0 Å². The molecule has 0 aliphatic heterocycles. The van der Waals surface area contributed by atoms with Crippen LogP contribution in [-0.4, -0.2) is 13.2 Å². The summed E-state index contributed by atoms with van der Waals surface area (Å²) in [5.41, 5.74) is 2.47. The van der Waals surface area contributed by atoms with Crippen LogP contribution in [0.5, 0.6) is 5.75 Å². The van der Waals surface area contributed by atoms with Gasteiger partial charge < -0.3 is 10.1 Å². The van der Waals surface area contributed by atoms with E-state index in [1.165, 1.54) is 5.56 Å². The zero-order chi connectivity index (χ0) is 15.9. The molecule has 0 saturated carbocycles. The Morgan fingerprint density at radius 1 is 1.00 bits per heavy atom. The van der Waals surface area contributed by atoms with Crippen molar-refractivity contribution in [1.82, 2.24) is 5.32 Å². The molecule has 0 heterocycles. The van der Waals surface area contributed by atoms with Crippen LogP contribution in [0, 0.1) is 0 Å². The van der Waals surface area contributed by atoms with E-state index in [9.17, 15) is 0 Å². The third-order valence-electron chi connectivity index (χ3n) is 3.66. The number of nitrogens with one attached hydrogen (secondary N) is 1. The van der Waals surface area contributed by atoms with Gasteiger partial charge in [0.15, 0.2) is 0 Å². The molecule has 1 atom stereocenters. The van der Waals surface area contributed by atoms with Crippen molar-refractivity contribution in [2.24, 2.45) is 0 Å². The minimum atomic E-state index is 0.427. The lowest BCUT2D eigenvalue weighted by atomic mass is 10.1. The summed E-state index contributed by atoms with van der Waals surface area (Å²) in [4.78, 5) is 0. The first-order chi connectivity index (χ1) is 10.6. The number of aryl methyl sites for hydroxylation is 1. The average molecular weight is 338 g/mol. The smallest absolute Gasteiger partial charge is 0.118 e. The van der Waals surface area contributed by atoms with Gasteiger partial charge in [0.05, 0.1) is 17.2 Å². The fourth-order valence-corrected chi connectivity index (χ4v) is 2.54. The highest BCUT2D eigenvalue weighted by molar-refractivity contribution is 6.42. The average Bonchev–Trinajstić information content (AvgIpc) is 2.54. The molecule has 0 unspecified atom stereocenters. The maximum Gasteiger partial charge on any atom is 0.118 e. The maximum absolute atomic E-state index is 6.03. The molecule has 2 aromatic carbocycles. The van der Waals surface area contributed by atoms with E-state index < -0.39 is 0 Å². The van der Waals surface area contributed by atoms with Crippen LogP contribution in [0.15, 0.2) is 42.5 Å². The number of rotatable bonds is 7. The Kier molecular flexibility index (Phi) is 6.56. The summed E-state index contributed by atoms with van der Waals surface area (Å²) in [7, 11) is 1.68. The second kappa shape index (κ2) is 8.42. The van der Waals surface area contributed by atoms with Gasteiger partial charge >= 0.3 is 0 Å². The molecule has 0 aliphatic rings. The fourth-order valence-electron chi connectivity index (χ4n) is 2.22. The van der Waals surface area contributed by atoms with Crippen molar-refractivity contribution in [3.05, 3.63) is 63.6 Å². The first-order valence-electron chi connectivity index (χ1n) is 7.38. The lowest BCUT2D eigenvalue weighted by molar-refractivity contribution is 0.414. The van der Waals surface area contributed by atoms with Crippen molar-refractivity contribution < 1.29 is 4.74 Å². The molecular formula is C18H21Cl2NO. The predicted molar refractivity (Wildman–Crippen MR) is 94.1 cm³/mol. The zero-order valence-electron chi connectivity index (χ0n) is 12.9. The van der Waals surface area contributed by atoms with E-state index in [-0.39, 0.29) is 0 Å². The van der Waals surface area contributed by atoms with Gasteiger partial charge in [-0.25, -0.2) is 0 Å². The summed E-state index contributed by atoms with van der Waals surface area (Å²) >= 11 is 11.9. The number of methoxy groups -OCH3 is 1. The van der Waals surface area contributed by atoms with E-state index in [1.807, 2.05) is 30.3 Å². The Morgan fingerprint density at radius 2 is 1.68 bits per heavy atom. The van der Waals surface area contributed by atoms with Crippen LogP contribution in [0.2, 0.25) is 10.0 Å². The Hall–Kier alpha value is -1.22. The quantitative estimate of drug-likeness (QED) is 0.757. The van der Waals surface area contributed by atoms with Crippen LogP contribution in [0.4, 0.5) is 0 Å². The molecule has 0 amide bonds. The molecule has 22 heavy (non-hydrogen) atoms. The minimum absolute atomic E-state index is 0.427. The molecular weight excluding hydrogens is 317 g/mol. The summed E-state index contributed by atoms with van der Waals surface area (Å²) in [5, 5.41) is 4.71. The van der Waals surface area contributed by atoms with Gasteiger partial charge in [-0.2, -0.15) is 0 Å². The predicted octanol–water partition coefficient (Wildman–Crippen LogP) is 5.11. The van der Waals surface area contributed by atoms with Gasteiger partial charge in [0.25, 0.3) is 0 Å². The van der Waals surface area contributed by atoms with Gasteiger partial charge in [-0.1, -0.05) is 41.4 Å². The van der Waals surface area contributed by atoms with Gasteiger partial charge in [-0.3, -0.25) is 0 Å². The molecule has 0 aromatic heterocycles. The van der Waals surface area contributed by atoms with Crippen molar-refractivity contribution in [3.8, 4) is 5.75 Å². The monoisotopic (exact) mass is 337 g/mol. The van der Waals surface area contributed by atoms with Gasteiger partial charge in [0.2, 0.25) is 0 Å². The van der Waals surface area contributed by atoms with Crippen LogP contribution in [0.1, 0.15) is 24.5 Å². The summed E-state index contributed by atoms with van der Waals surface area (Å²) in [6.45, 7) is 2.99. The van der Waals surface area contributed by atoms with E-state index in [0.29, 0.717) is 16.1 Å². The SMILES string of the molecule is COc1ccc(CC[C@@H](C)NCc2ccc(Cl)c(Cl)c2)cc1. The molecule has 4 heteroatoms. The number of hydrogen-bond acceptors (Lipinski definition) is 2. The van der Waals surface area contributed by atoms with Crippen molar-refractivity contribution >= 4 is 23.2 Å². The van der Waals surface area contributed by atoms with Crippen LogP contribution >= 0.6 is 23.2 Å². The van der Waals surface area contributed by atoms with Gasteiger partial charge in [0.1, 0.15) is 5.75 Å². The number of ether oxygens (including phenoxy) is 1. The maximum atomic E-state index is 6.03. The van der Waals surface area contributed by atoms with E-state index in [1.54, 1.807) is 7.11 Å². The van der Waals surface area contributed by atoms with Gasteiger partial charge in [-0.05, 0) is 55.2 Å². The van der Waals surface area contributed by atoms with E-state index in [2.05, 4.69) is 24.4 Å². The fraction of sp³-hybridized carbons (Fsp3) is 0.333. The molecule has 0 spiro atoms. The van der Waals surface area contributed by atoms with Crippen LogP contribution in [0.25, 0.3) is 0 Å².